The van der Waals surface area contributed by atoms with E-state index in [1.807, 2.05) is 13.0 Å². The van der Waals surface area contributed by atoms with Crippen LogP contribution in [0.2, 0.25) is 5.02 Å². The third-order valence-corrected chi connectivity index (χ3v) is 3.64. The first-order chi connectivity index (χ1) is 8.58. The normalized spacial score (nSPS) is 10.3. The number of thiophene rings is 1. The first-order valence-electron chi connectivity index (χ1n) is 5.26. The van der Waals surface area contributed by atoms with Crippen LogP contribution in [0.1, 0.15) is 20.8 Å². The summed E-state index contributed by atoms with van der Waals surface area (Å²) in [6.45, 7) is 2.14. The van der Waals surface area contributed by atoms with Gasteiger partial charge in [-0.25, -0.2) is 4.79 Å². The summed E-state index contributed by atoms with van der Waals surface area (Å²) < 4.78 is 5.61. The highest BCUT2D eigenvalue weighted by molar-refractivity contribution is 7.12. The molecule has 1 N–H and O–H groups in total. The summed E-state index contributed by atoms with van der Waals surface area (Å²) in [6, 6.07) is 7.10. The molecule has 0 unspecified atom stereocenters. The number of hydrogen-bond donors (Lipinski definition) is 1. The number of halogens is 1. The van der Waals surface area contributed by atoms with Crippen LogP contribution in [0.4, 0.5) is 0 Å². The Bertz CT molecular complexity index is 577. The Kier molecular flexibility index (Phi) is 3.89. The topological polar surface area (TPSA) is 46.5 Å². The average Bonchev–Trinajstić information content (AvgIpc) is 2.76. The van der Waals surface area contributed by atoms with Crippen molar-refractivity contribution < 1.29 is 14.6 Å². The van der Waals surface area contributed by atoms with Crippen molar-refractivity contribution in [2.45, 2.75) is 13.5 Å². The monoisotopic (exact) mass is 282 g/mol. The van der Waals surface area contributed by atoms with E-state index in [-0.39, 0.29) is 6.61 Å². The maximum Gasteiger partial charge on any atom is 0.346 e. The summed E-state index contributed by atoms with van der Waals surface area (Å²) in [5.74, 6) is -0.210. The van der Waals surface area contributed by atoms with Gasteiger partial charge < -0.3 is 9.84 Å². The van der Waals surface area contributed by atoms with Crippen molar-refractivity contribution in [1.29, 1.82) is 0 Å². The molecule has 0 aliphatic carbocycles. The molecule has 0 bridgehead atoms. The smallest absolute Gasteiger partial charge is 0.346 e. The zero-order chi connectivity index (χ0) is 13.1. The highest BCUT2D eigenvalue weighted by Crippen LogP contribution is 2.24. The fourth-order valence-corrected chi connectivity index (χ4v) is 2.54. The van der Waals surface area contributed by atoms with Crippen LogP contribution in [0.15, 0.2) is 29.6 Å². The highest BCUT2D eigenvalue weighted by atomic mass is 35.5. The molecule has 0 aliphatic rings. The van der Waals surface area contributed by atoms with E-state index in [0.29, 0.717) is 21.2 Å². The molecule has 0 amide bonds. The van der Waals surface area contributed by atoms with Gasteiger partial charge in [-0.2, -0.15) is 0 Å². The van der Waals surface area contributed by atoms with Crippen molar-refractivity contribution >= 4 is 28.9 Å². The molecule has 0 aliphatic heterocycles. The van der Waals surface area contributed by atoms with Crippen LogP contribution >= 0.6 is 22.9 Å². The maximum atomic E-state index is 10.9. The molecule has 1 aromatic carbocycles. The van der Waals surface area contributed by atoms with Crippen molar-refractivity contribution in [2.75, 3.05) is 0 Å². The Morgan fingerprint density at radius 1 is 1.44 bits per heavy atom. The SMILES string of the molecule is Cc1cc(Cl)ccc1OCc1ccsc1C(=O)O. The Balaban J connectivity index is 2.11. The number of rotatable bonds is 4. The highest BCUT2D eigenvalue weighted by Gasteiger charge is 2.12. The molecular weight excluding hydrogens is 272 g/mol. The molecule has 2 rings (SSSR count). The van der Waals surface area contributed by atoms with Crippen molar-refractivity contribution in [3.8, 4) is 5.75 Å². The summed E-state index contributed by atoms with van der Waals surface area (Å²) in [5, 5.41) is 11.4. The molecular formula is C13H11ClO3S. The Labute approximate surface area is 114 Å². The van der Waals surface area contributed by atoms with E-state index in [9.17, 15) is 4.79 Å². The van der Waals surface area contributed by atoms with Gasteiger partial charge in [0, 0.05) is 10.6 Å². The lowest BCUT2D eigenvalue weighted by Crippen LogP contribution is -2.02. The predicted octanol–water partition coefficient (Wildman–Crippen LogP) is 3.99. The van der Waals surface area contributed by atoms with Gasteiger partial charge in [0.2, 0.25) is 0 Å². The van der Waals surface area contributed by atoms with Crippen LogP contribution in [0, 0.1) is 6.92 Å². The van der Waals surface area contributed by atoms with Crippen LogP contribution < -0.4 is 4.74 Å². The number of aryl methyl sites for hydroxylation is 1. The third kappa shape index (κ3) is 2.83. The van der Waals surface area contributed by atoms with E-state index in [2.05, 4.69) is 0 Å². The zero-order valence-corrected chi connectivity index (χ0v) is 11.2. The van der Waals surface area contributed by atoms with Crippen LogP contribution in [0.25, 0.3) is 0 Å². The van der Waals surface area contributed by atoms with Crippen molar-refractivity contribution in [1.82, 2.24) is 0 Å². The van der Waals surface area contributed by atoms with Gasteiger partial charge in [0.15, 0.2) is 0 Å². The van der Waals surface area contributed by atoms with Crippen LogP contribution in [0.5, 0.6) is 5.75 Å². The van der Waals surface area contributed by atoms with E-state index in [4.69, 9.17) is 21.4 Å². The lowest BCUT2D eigenvalue weighted by molar-refractivity contribution is 0.0699. The van der Waals surface area contributed by atoms with Gasteiger partial charge in [0.1, 0.15) is 17.2 Å². The van der Waals surface area contributed by atoms with E-state index < -0.39 is 5.97 Å². The lowest BCUT2D eigenvalue weighted by atomic mass is 10.2. The van der Waals surface area contributed by atoms with Gasteiger partial charge in [-0.15, -0.1) is 11.3 Å². The first kappa shape index (κ1) is 12.9. The second-order valence-electron chi connectivity index (χ2n) is 3.78. The molecule has 0 radical (unpaired) electrons. The van der Waals surface area contributed by atoms with Gasteiger partial charge in [-0.1, -0.05) is 11.6 Å². The van der Waals surface area contributed by atoms with E-state index in [1.165, 1.54) is 11.3 Å². The summed E-state index contributed by atoms with van der Waals surface area (Å²) in [6.07, 6.45) is 0. The number of carboxylic acids is 1. The molecule has 5 heteroatoms. The number of benzene rings is 1. The van der Waals surface area contributed by atoms with Gasteiger partial charge in [0.25, 0.3) is 0 Å². The van der Waals surface area contributed by atoms with Gasteiger partial charge in [-0.3, -0.25) is 0 Å². The fraction of sp³-hybridized carbons (Fsp3) is 0.154. The number of ether oxygens (including phenoxy) is 1. The predicted molar refractivity (Wildman–Crippen MR) is 71.8 cm³/mol. The average molecular weight is 283 g/mol. The molecule has 0 saturated carbocycles. The molecule has 2 aromatic rings. The second-order valence-corrected chi connectivity index (χ2v) is 5.13. The summed E-state index contributed by atoms with van der Waals surface area (Å²) in [5.41, 5.74) is 1.61. The number of carboxylic acid groups (broad SMARTS) is 1. The molecule has 3 nitrogen and oxygen atoms in total. The summed E-state index contributed by atoms with van der Waals surface area (Å²) in [7, 11) is 0. The standard InChI is InChI=1S/C13H11ClO3S/c1-8-6-10(14)2-3-11(8)17-7-9-4-5-18-12(9)13(15)16/h2-6H,7H2,1H3,(H,15,16). The fourth-order valence-electron chi connectivity index (χ4n) is 1.57. The minimum atomic E-state index is -0.920. The van der Waals surface area contributed by atoms with E-state index in [1.54, 1.807) is 23.6 Å². The minimum absolute atomic E-state index is 0.244. The number of hydrogen-bond acceptors (Lipinski definition) is 3. The van der Waals surface area contributed by atoms with E-state index in [0.717, 1.165) is 5.56 Å². The van der Waals surface area contributed by atoms with Crippen LogP contribution in [-0.2, 0) is 6.61 Å². The Morgan fingerprint density at radius 3 is 2.89 bits per heavy atom. The van der Waals surface area contributed by atoms with Crippen molar-refractivity contribution in [3.05, 3.63) is 50.7 Å². The van der Waals surface area contributed by atoms with Gasteiger partial charge in [0.05, 0.1) is 0 Å². The quantitative estimate of drug-likeness (QED) is 0.922. The van der Waals surface area contributed by atoms with Crippen LogP contribution in [0.3, 0.4) is 0 Å². The molecule has 0 atom stereocenters. The Morgan fingerprint density at radius 2 is 2.22 bits per heavy atom. The molecule has 1 aromatic heterocycles. The van der Waals surface area contributed by atoms with E-state index >= 15 is 0 Å². The molecule has 0 fully saturated rings. The summed E-state index contributed by atoms with van der Waals surface area (Å²) >= 11 is 7.05. The number of aromatic carboxylic acids is 1. The zero-order valence-electron chi connectivity index (χ0n) is 9.64. The second kappa shape index (κ2) is 5.42. The van der Waals surface area contributed by atoms with Gasteiger partial charge in [-0.05, 0) is 42.1 Å². The number of carbonyl (C=O) groups is 1. The molecule has 94 valence electrons. The third-order valence-electron chi connectivity index (χ3n) is 2.46. The molecule has 18 heavy (non-hydrogen) atoms. The van der Waals surface area contributed by atoms with Crippen LogP contribution in [-0.4, -0.2) is 11.1 Å². The minimum Gasteiger partial charge on any atom is -0.489 e. The first-order valence-corrected chi connectivity index (χ1v) is 6.52. The van der Waals surface area contributed by atoms with Crippen molar-refractivity contribution in [2.24, 2.45) is 0 Å². The maximum absolute atomic E-state index is 10.9. The Hall–Kier alpha value is -1.52. The molecule has 1 heterocycles. The largest absolute Gasteiger partial charge is 0.489 e. The van der Waals surface area contributed by atoms with Crippen molar-refractivity contribution in [3.63, 3.8) is 0 Å². The lowest BCUT2D eigenvalue weighted by Gasteiger charge is -2.09. The summed E-state index contributed by atoms with van der Waals surface area (Å²) in [4.78, 5) is 11.3. The molecule has 0 spiro atoms. The molecule has 0 saturated heterocycles. The van der Waals surface area contributed by atoms with Gasteiger partial charge >= 0.3 is 5.97 Å².